The van der Waals surface area contributed by atoms with E-state index in [1.807, 2.05) is 0 Å². The van der Waals surface area contributed by atoms with Gasteiger partial charge in [0.1, 0.15) is 5.82 Å². The maximum Gasteiger partial charge on any atom is 0.270 e. The number of nitrogens with zero attached hydrogens (tertiary/aromatic N) is 2. The molecule has 0 spiro atoms. The van der Waals surface area contributed by atoms with E-state index < -0.39 is 15.8 Å². The lowest BCUT2D eigenvalue weighted by atomic mass is 10.2. The number of ketones is 1. The normalized spacial score (nSPS) is 14.6. The van der Waals surface area contributed by atoms with E-state index in [-0.39, 0.29) is 10.7 Å². The first-order valence-electron chi connectivity index (χ1n) is 7.99. The van der Waals surface area contributed by atoms with Crippen LogP contribution in [0.1, 0.15) is 23.7 Å². The summed E-state index contributed by atoms with van der Waals surface area (Å²) in [6, 6.07) is 11.0. The van der Waals surface area contributed by atoms with Crippen LogP contribution in [-0.2, 0) is 10.0 Å². The van der Waals surface area contributed by atoms with Gasteiger partial charge in [-0.25, -0.2) is 17.1 Å². The van der Waals surface area contributed by atoms with Crippen LogP contribution in [0.4, 0.5) is 10.1 Å². The van der Waals surface area contributed by atoms with E-state index in [2.05, 4.69) is 4.99 Å². The third kappa shape index (κ3) is 3.81. The number of amidine groups is 1. The van der Waals surface area contributed by atoms with Crippen LogP contribution in [0.15, 0.2) is 58.4 Å². The molecular formula is C18H17FN2O3S2. The Morgan fingerprint density at radius 2 is 1.77 bits per heavy atom. The zero-order valence-electron chi connectivity index (χ0n) is 14.1. The van der Waals surface area contributed by atoms with Crippen molar-refractivity contribution in [1.29, 1.82) is 0 Å². The monoisotopic (exact) mass is 392 g/mol. The molecule has 136 valence electrons. The van der Waals surface area contributed by atoms with Crippen molar-refractivity contribution in [2.24, 2.45) is 4.99 Å². The van der Waals surface area contributed by atoms with E-state index in [0.717, 1.165) is 16.5 Å². The zero-order chi connectivity index (χ0) is 18.7. The minimum Gasteiger partial charge on any atom is -0.295 e. The molecule has 2 aromatic rings. The van der Waals surface area contributed by atoms with E-state index in [0.29, 0.717) is 23.0 Å². The second-order valence-electron chi connectivity index (χ2n) is 5.69. The van der Waals surface area contributed by atoms with Gasteiger partial charge in [-0.05, 0) is 49.7 Å². The molecule has 0 amide bonds. The first-order valence-corrected chi connectivity index (χ1v) is 10.4. The van der Waals surface area contributed by atoms with Gasteiger partial charge in [-0.3, -0.25) is 9.79 Å². The van der Waals surface area contributed by atoms with Crippen molar-refractivity contribution in [1.82, 2.24) is 0 Å². The number of carbonyl (C=O) groups excluding carboxylic acids is 1. The van der Waals surface area contributed by atoms with Crippen LogP contribution in [0.3, 0.4) is 0 Å². The van der Waals surface area contributed by atoms with Crippen molar-refractivity contribution >= 4 is 38.4 Å². The molecule has 1 aliphatic heterocycles. The van der Waals surface area contributed by atoms with E-state index in [1.165, 1.54) is 67.2 Å². The predicted octanol–water partition coefficient (Wildman–Crippen LogP) is 3.72. The van der Waals surface area contributed by atoms with Crippen LogP contribution in [-0.4, -0.2) is 31.7 Å². The van der Waals surface area contributed by atoms with Gasteiger partial charge in [-0.1, -0.05) is 23.9 Å². The molecular weight excluding hydrogens is 375 g/mol. The predicted molar refractivity (Wildman–Crippen MR) is 102 cm³/mol. The third-order valence-corrected chi connectivity index (χ3v) is 6.73. The molecule has 26 heavy (non-hydrogen) atoms. The molecule has 2 aromatic carbocycles. The van der Waals surface area contributed by atoms with Gasteiger partial charge < -0.3 is 0 Å². The molecule has 0 fully saturated rings. The van der Waals surface area contributed by atoms with E-state index in [9.17, 15) is 17.6 Å². The number of thioether (sulfide) groups is 1. The lowest BCUT2D eigenvalue weighted by Gasteiger charge is -2.27. The van der Waals surface area contributed by atoms with Gasteiger partial charge in [0.15, 0.2) is 11.0 Å². The number of rotatable bonds is 4. The van der Waals surface area contributed by atoms with Crippen molar-refractivity contribution in [3.8, 4) is 0 Å². The summed E-state index contributed by atoms with van der Waals surface area (Å²) in [4.78, 5) is 15.8. The number of carbonyl (C=O) groups is 1. The van der Waals surface area contributed by atoms with Crippen LogP contribution >= 0.6 is 11.8 Å². The van der Waals surface area contributed by atoms with Gasteiger partial charge >= 0.3 is 0 Å². The number of hydrogen-bond donors (Lipinski definition) is 0. The summed E-state index contributed by atoms with van der Waals surface area (Å²) in [6.07, 6.45) is 0.874. The average Bonchev–Trinajstić information content (AvgIpc) is 2.64. The summed E-state index contributed by atoms with van der Waals surface area (Å²) < 4.78 is 40.9. The lowest BCUT2D eigenvalue weighted by molar-refractivity contribution is 0.101. The van der Waals surface area contributed by atoms with Gasteiger partial charge in [0, 0.05) is 17.9 Å². The van der Waals surface area contributed by atoms with Crippen LogP contribution in [0.25, 0.3) is 0 Å². The van der Waals surface area contributed by atoms with Crippen LogP contribution in [0.2, 0.25) is 0 Å². The minimum absolute atomic E-state index is 0.0423. The Morgan fingerprint density at radius 3 is 2.31 bits per heavy atom. The smallest absolute Gasteiger partial charge is 0.270 e. The van der Waals surface area contributed by atoms with Crippen molar-refractivity contribution in [2.75, 3.05) is 16.6 Å². The molecule has 0 N–H and O–H groups in total. The highest BCUT2D eigenvalue weighted by atomic mass is 32.2. The standard InChI is InChI=1S/C18H17FN2O3S2/c1-13(22)14-3-9-17(10-4-14)26(23,24)21(18-20-11-2-12-25-18)16-7-5-15(19)6-8-16/h3-10H,2,11-12H2,1H3. The Balaban J connectivity index is 2.08. The Bertz CT molecular complexity index is 939. The molecule has 8 heteroatoms. The molecule has 0 unspecified atom stereocenters. The maximum absolute atomic E-state index is 13.3. The molecule has 0 saturated heterocycles. The average molecular weight is 392 g/mol. The van der Waals surface area contributed by atoms with Gasteiger partial charge in [-0.15, -0.1) is 0 Å². The summed E-state index contributed by atoms with van der Waals surface area (Å²) in [5.74, 6) is 0.168. The number of sulfonamides is 1. The van der Waals surface area contributed by atoms with Crippen LogP contribution in [0.5, 0.6) is 0 Å². The number of hydrogen-bond acceptors (Lipinski definition) is 5. The molecule has 1 heterocycles. The molecule has 3 rings (SSSR count). The Hall–Kier alpha value is -2.19. The lowest BCUT2D eigenvalue weighted by Crippen LogP contribution is -2.36. The number of halogens is 1. The molecule has 0 radical (unpaired) electrons. The van der Waals surface area contributed by atoms with E-state index in [4.69, 9.17) is 0 Å². The fraction of sp³-hybridized carbons (Fsp3) is 0.222. The van der Waals surface area contributed by atoms with Gasteiger partial charge in [-0.2, -0.15) is 0 Å². The Labute approximate surface area is 156 Å². The molecule has 0 aromatic heterocycles. The summed E-state index contributed by atoms with van der Waals surface area (Å²) in [5.41, 5.74) is 0.747. The highest BCUT2D eigenvalue weighted by molar-refractivity contribution is 8.15. The van der Waals surface area contributed by atoms with Crippen molar-refractivity contribution in [2.45, 2.75) is 18.2 Å². The summed E-state index contributed by atoms with van der Waals surface area (Å²) in [6.45, 7) is 1.96. The molecule has 0 aliphatic carbocycles. The minimum atomic E-state index is -3.96. The van der Waals surface area contributed by atoms with E-state index >= 15 is 0 Å². The fourth-order valence-electron chi connectivity index (χ4n) is 2.47. The highest BCUT2D eigenvalue weighted by Gasteiger charge is 2.30. The summed E-state index contributed by atoms with van der Waals surface area (Å²) in [7, 11) is -3.96. The van der Waals surface area contributed by atoms with Gasteiger partial charge in [0.2, 0.25) is 0 Å². The SMILES string of the molecule is CC(=O)c1ccc(S(=O)(=O)N(C2=NCCCS2)c2ccc(F)cc2)cc1. The number of Topliss-reactive ketones (excluding diaryl/α,β-unsaturated/α-hetero) is 1. The molecule has 1 aliphatic rings. The van der Waals surface area contributed by atoms with Crippen molar-refractivity contribution < 1.29 is 17.6 Å². The van der Waals surface area contributed by atoms with E-state index in [1.54, 1.807) is 0 Å². The summed E-state index contributed by atoms with van der Waals surface area (Å²) in [5, 5.41) is 0.360. The number of anilines is 1. The first kappa shape index (κ1) is 18.6. The second-order valence-corrected chi connectivity index (χ2v) is 8.54. The second kappa shape index (κ2) is 7.59. The van der Waals surface area contributed by atoms with Crippen molar-refractivity contribution in [3.05, 3.63) is 59.9 Å². The Morgan fingerprint density at radius 1 is 1.12 bits per heavy atom. The molecule has 5 nitrogen and oxygen atoms in total. The fourth-order valence-corrected chi connectivity index (χ4v) is 5.13. The third-order valence-electron chi connectivity index (χ3n) is 3.81. The molecule has 0 bridgehead atoms. The maximum atomic E-state index is 13.3. The quantitative estimate of drug-likeness (QED) is 0.744. The van der Waals surface area contributed by atoms with Gasteiger partial charge in [0.25, 0.3) is 10.0 Å². The summed E-state index contributed by atoms with van der Waals surface area (Å²) >= 11 is 1.35. The largest absolute Gasteiger partial charge is 0.295 e. The number of aliphatic imine (C=N–C) groups is 1. The van der Waals surface area contributed by atoms with Crippen LogP contribution < -0.4 is 4.31 Å². The van der Waals surface area contributed by atoms with Gasteiger partial charge in [0.05, 0.1) is 10.6 Å². The van der Waals surface area contributed by atoms with Crippen LogP contribution in [0, 0.1) is 5.82 Å². The zero-order valence-corrected chi connectivity index (χ0v) is 15.7. The Kier molecular flexibility index (Phi) is 5.43. The topological polar surface area (TPSA) is 66.8 Å². The highest BCUT2D eigenvalue weighted by Crippen LogP contribution is 2.29. The molecule has 0 atom stereocenters. The first-order chi connectivity index (χ1) is 12.4. The molecule has 0 saturated carbocycles. The van der Waals surface area contributed by atoms with Crippen molar-refractivity contribution in [3.63, 3.8) is 0 Å². The number of benzene rings is 2.